The molecule has 6 aromatic rings. The number of benzene rings is 8. The van der Waals surface area contributed by atoms with Crippen LogP contribution < -0.4 is 56.3 Å². The van der Waals surface area contributed by atoms with Gasteiger partial charge in [-0.15, -0.1) is 0 Å². The first-order valence-corrected chi connectivity index (χ1v) is 21.6. The van der Waals surface area contributed by atoms with Crippen molar-refractivity contribution >= 4 is 61.7 Å². The summed E-state index contributed by atoms with van der Waals surface area (Å²) in [5.41, 5.74) is 9.93. The molecule has 0 bridgehead atoms. The number of fused-ring (bicyclic) bond motifs is 12. The van der Waals surface area contributed by atoms with Gasteiger partial charge in [-0.25, -0.2) is 0 Å². The summed E-state index contributed by atoms with van der Waals surface area (Å²) in [7, 11) is 0. The number of phenols is 2. The van der Waals surface area contributed by atoms with Crippen molar-refractivity contribution in [2.24, 2.45) is 0 Å². The third-order valence-corrected chi connectivity index (χ3v) is 12.5. The summed E-state index contributed by atoms with van der Waals surface area (Å²) in [6.45, 7) is 0. The van der Waals surface area contributed by atoms with Crippen molar-refractivity contribution in [2.75, 3.05) is 0 Å². The van der Waals surface area contributed by atoms with Crippen LogP contribution in [0.15, 0.2) is 169 Å². The van der Waals surface area contributed by atoms with E-state index in [2.05, 4.69) is 31.9 Å². The first-order chi connectivity index (χ1) is 31.8. The number of aromatic hydroxyl groups is 2. The molecule has 14 heteroatoms. The molecule has 69 heavy (non-hydrogen) atoms. The van der Waals surface area contributed by atoms with Gasteiger partial charge < -0.3 is 25.9 Å². The summed E-state index contributed by atoms with van der Waals surface area (Å²) in [5, 5.41) is 36.7. The molecule has 0 unspecified atom stereocenters. The van der Waals surface area contributed by atoms with Crippen molar-refractivity contribution in [3.8, 4) is 67.1 Å². The van der Waals surface area contributed by atoms with Crippen LogP contribution in [0.5, 0.6) is 11.5 Å². The Kier molecular flexibility index (Phi) is 15.3. The Labute approximate surface area is 431 Å². The molecular weight excluding hydrogens is 1020 g/mol. The fourth-order valence-electron chi connectivity index (χ4n) is 8.41. The third-order valence-electron chi connectivity index (χ3n) is 11.5. The zero-order chi connectivity index (χ0) is 46.6. The predicted octanol–water partition coefficient (Wildman–Crippen LogP) is 6.54. The smallest absolute Gasteiger partial charge is 0.870 e. The second-order valence-electron chi connectivity index (χ2n) is 15.4. The van der Waals surface area contributed by atoms with Gasteiger partial charge in [0.05, 0.1) is 23.0 Å². The molecule has 5 N–H and O–H groups in total. The summed E-state index contributed by atoms with van der Waals surface area (Å²) in [6, 6.07) is 41.3. The number of ketones is 3. The maximum atomic E-state index is 12.3. The summed E-state index contributed by atoms with van der Waals surface area (Å²) >= 11 is 6.86. The number of phenolic OH excluding ortho intramolecular Hbond substituents is 2. The molecule has 0 heterocycles. The Morgan fingerprint density at radius 1 is 0.348 bits per heavy atom. The fraction of sp³-hybridized carbons (Fsp3) is 0.0182. The van der Waals surface area contributed by atoms with E-state index in [1.165, 1.54) is 36.4 Å². The Balaban J connectivity index is 0.000000150. The molecule has 12 rings (SSSR count). The number of carbonyl (C=O) groups excluding carboxylic acids is 3. The fourth-order valence-corrected chi connectivity index (χ4v) is 9.13. The van der Waals surface area contributed by atoms with Crippen LogP contribution in [0.25, 0.3) is 68.2 Å². The molecule has 0 aliphatic heterocycles. The minimum Gasteiger partial charge on any atom is -0.870 e. The normalized spacial score (nSPS) is 12.2. The number of carbonyl (C=O) groups is 3. The van der Waals surface area contributed by atoms with Gasteiger partial charge in [0.25, 0.3) is 0 Å². The second-order valence-corrected chi connectivity index (χ2v) is 17.2. The van der Waals surface area contributed by atoms with Crippen molar-refractivity contribution in [1.29, 1.82) is 0 Å². The minimum atomic E-state index is -0.433. The molecule has 0 atom stereocenters. The summed E-state index contributed by atoms with van der Waals surface area (Å²) < 4.78 is 1.98. The van der Waals surface area contributed by atoms with Crippen molar-refractivity contribution in [3.05, 3.63) is 229 Å². The molecule has 6 aliphatic carbocycles. The van der Waals surface area contributed by atoms with E-state index >= 15 is 0 Å². The van der Waals surface area contributed by atoms with Gasteiger partial charge in [-0.2, -0.15) is 0 Å². The molecule has 0 amide bonds. The van der Waals surface area contributed by atoms with Gasteiger partial charge in [-0.05, 0) is 142 Å². The van der Waals surface area contributed by atoms with E-state index in [1.807, 2.05) is 84.9 Å². The Morgan fingerprint density at radius 3 is 0.986 bits per heavy atom. The Morgan fingerprint density at radius 2 is 0.638 bits per heavy atom. The van der Waals surface area contributed by atoms with Crippen LogP contribution in [0.1, 0.15) is 55.2 Å². The van der Waals surface area contributed by atoms with Crippen molar-refractivity contribution in [1.82, 2.24) is 0 Å². The largest absolute Gasteiger partial charge is 1.00 e. The summed E-state index contributed by atoms with van der Waals surface area (Å²) in [4.78, 5) is 71.6. The van der Waals surface area contributed by atoms with Gasteiger partial charge in [0.2, 0.25) is 0 Å². The van der Waals surface area contributed by atoms with Gasteiger partial charge in [-0.3, -0.25) is 28.8 Å². The van der Waals surface area contributed by atoms with E-state index in [4.69, 9.17) is 10.2 Å². The van der Waals surface area contributed by atoms with E-state index in [1.54, 1.807) is 24.3 Å². The number of hydrogen-bond acceptors (Lipinski definition) is 11. The Hall–Kier alpha value is -7.10. The van der Waals surface area contributed by atoms with E-state index in [0.29, 0.717) is 45.9 Å². The van der Waals surface area contributed by atoms with Crippen LogP contribution in [0.2, 0.25) is 0 Å². The molecule has 0 fully saturated rings. The van der Waals surface area contributed by atoms with Crippen LogP contribution in [0, 0.1) is 0 Å². The molecule has 11 nitrogen and oxygen atoms in total. The average Bonchev–Trinajstić information content (AvgIpc) is 3.96. The number of hydrogen-bond donors (Lipinski definition) is 4. The molecule has 0 spiro atoms. The zero-order valence-electron chi connectivity index (χ0n) is 35.5. The van der Waals surface area contributed by atoms with E-state index < -0.39 is 10.9 Å². The minimum absolute atomic E-state index is 0. The number of aliphatic hydroxyl groups is 2. The quantitative estimate of drug-likeness (QED) is 0.120. The molecule has 0 radical (unpaired) electrons. The van der Waals surface area contributed by atoms with Gasteiger partial charge in [0, 0.05) is 53.5 Å². The third kappa shape index (κ3) is 9.28. The second kappa shape index (κ2) is 20.6. The van der Waals surface area contributed by atoms with Gasteiger partial charge in [0.1, 0.15) is 11.5 Å². The van der Waals surface area contributed by atoms with E-state index in [0.717, 1.165) is 53.5 Å². The number of halogens is 2. The maximum Gasteiger partial charge on any atom is 1.00 e. The first kappa shape index (κ1) is 51.3. The van der Waals surface area contributed by atoms with Crippen molar-refractivity contribution in [3.63, 3.8) is 0 Å². The summed E-state index contributed by atoms with van der Waals surface area (Å²) in [5.74, 6) is 0.427. The van der Waals surface area contributed by atoms with Crippen LogP contribution in [-0.4, -0.2) is 43.3 Å². The topological polar surface area (TPSA) is 213 Å². The first-order valence-electron chi connectivity index (χ1n) is 20.1. The SMILES string of the molecule is C.O=C1c2ccc(Br)cc2-c2cc(Br)ccc21.O=C1c2ccc(O)cc2-c2cc(O)ccc21.O=C1c2ccccc2-c2ccccc21.O=c1c2cc(=CO)c(=O)cc-2c2cc(=O)c(=CO)cc1-2.[Na+].[OH-]. The van der Waals surface area contributed by atoms with Gasteiger partial charge >= 0.3 is 29.6 Å². The van der Waals surface area contributed by atoms with Crippen molar-refractivity contribution in [2.45, 2.75) is 7.43 Å². The Bertz CT molecular complexity index is 3420. The monoisotopic (exact) mass is 1050 g/mol. The molecule has 0 saturated heterocycles. The van der Waals surface area contributed by atoms with E-state index in [-0.39, 0.29) is 98.3 Å². The maximum absolute atomic E-state index is 12.3. The van der Waals surface area contributed by atoms with Crippen LogP contribution in [0.3, 0.4) is 0 Å². The van der Waals surface area contributed by atoms with Gasteiger partial charge in [0.15, 0.2) is 33.6 Å². The number of rotatable bonds is 0. The predicted molar refractivity (Wildman–Crippen MR) is 268 cm³/mol. The molecule has 6 aromatic carbocycles. The zero-order valence-corrected chi connectivity index (χ0v) is 40.6. The standard InChI is InChI=1S/C15H8O5.C13H6Br2O.C13H8O3.C13H8O.CH4.Na.H2O/c16-5-7-1-11-9(3-13(7)18)10-4-14(19)8(6-17)2-12(10)15(11)20;2*14-7-1-3-9-11(5-7)12-6-8(15)2-4-10(12)13(9)16;14-13-11-7-3-1-5-9(11)10-6-2-4-8-12(10)13;;;/h1-6,16-17H;1-6H;1-6,14-15H;1-8H;1H4;;1H2/q;;;;;+1;/p-1. The molecule has 0 aromatic heterocycles. The average molecular weight is 1050 g/mol. The molecule has 6 aliphatic rings. The number of aliphatic hydroxyl groups excluding tert-OH is 2. The molecule has 0 saturated carbocycles. The van der Waals surface area contributed by atoms with Crippen LogP contribution >= 0.6 is 31.9 Å². The van der Waals surface area contributed by atoms with Crippen LogP contribution in [-0.2, 0) is 0 Å². The molecular formula is C55H35Br2NaO11. The van der Waals surface area contributed by atoms with Gasteiger partial charge in [-0.1, -0.05) is 87.8 Å². The van der Waals surface area contributed by atoms with Crippen LogP contribution in [0.4, 0.5) is 0 Å². The van der Waals surface area contributed by atoms with Crippen molar-refractivity contribution < 1.29 is 69.8 Å². The van der Waals surface area contributed by atoms with E-state index in [9.17, 15) is 39.0 Å². The summed E-state index contributed by atoms with van der Waals surface area (Å²) in [6.07, 6.45) is 1.29. The molecule has 336 valence electrons.